The number of hydrogen-bond donors (Lipinski definition) is 2. The van der Waals surface area contributed by atoms with Gasteiger partial charge in [-0.1, -0.05) is 15.9 Å². The van der Waals surface area contributed by atoms with E-state index in [4.69, 9.17) is 20.5 Å². The molecule has 1 aliphatic rings. The van der Waals surface area contributed by atoms with Crippen LogP contribution in [0.4, 0.5) is 4.79 Å². The van der Waals surface area contributed by atoms with Gasteiger partial charge in [-0.05, 0) is 23.8 Å². The van der Waals surface area contributed by atoms with E-state index in [1.54, 1.807) is 18.2 Å². The minimum absolute atomic E-state index is 0.113. The molecule has 0 atom stereocenters. The number of carbonyl (C=O) groups is 2. The van der Waals surface area contributed by atoms with Crippen LogP contribution < -0.4 is 20.5 Å². The summed E-state index contributed by atoms with van der Waals surface area (Å²) in [5.41, 5.74) is 5.10. The van der Waals surface area contributed by atoms with Crippen molar-refractivity contribution in [3.05, 3.63) is 27.7 Å². The molecule has 20 heavy (non-hydrogen) atoms. The molecule has 102 valence electrons. The Labute approximate surface area is 122 Å². The summed E-state index contributed by atoms with van der Waals surface area (Å²) in [5.74, 6) is 0.200. The second-order valence-electron chi connectivity index (χ2n) is 3.72. The van der Waals surface area contributed by atoms with Gasteiger partial charge in [-0.15, -0.1) is 0 Å². The lowest BCUT2D eigenvalue weighted by Crippen LogP contribution is -2.35. The summed E-state index contributed by atoms with van der Waals surface area (Å²) in [6.07, 6.45) is 1.31. The van der Waals surface area contributed by atoms with Gasteiger partial charge >= 0.3 is 6.03 Å². The quantitative estimate of drug-likeness (QED) is 0.623. The first-order valence-corrected chi connectivity index (χ1v) is 6.12. The number of ether oxygens (including phenoxy) is 2. The zero-order chi connectivity index (χ0) is 14.7. The summed E-state index contributed by atoms with van der Waals surface area (Å²) < 4.78 is 11.0. The Hall–Kier alpha value is -2.53. The number of amides is 3. The van der Waals surface area contributed by atoms with E-state index in [1.165, 1.54) is 6.08 Å². The lowest BCUT2D eigenvalue weighted by molar-refractivity contribution is -0.115. The molecular weight excluding hydrogens is 330 g/mol. The Balaban J connectivity index is 2.36. The number of urea groups is 1. The molecule has 0 saturated carbocycles. The number of nitrogens with zero attached hydrogens (tertiary/aromatic N) is 1. The van der Waals surface area contributed by atoms with Crippen molar-refractivity contribution in [1.82, 2.24) is 5.32 Å². The van der Waals surface area contributed by atoms with Crippen LogP contribution in [0.15, 0.2) is 22.2 Å². The molecule has 3 amide bonds. The Morgan fingerprint density at radius 2 is 2.05 bits per heavy atom. The topological polar surface area (TPSA) is 114 Å². The maximum Gasteiger partial charge on any atom is 0.319 e. The van der Waals surface area contributed by atoms with Gasteiger partial charge in [0.05, 0.1) is 0 Å². The van der Waals surface area contributed by atoms with Crippen LogP contribution in [0.2, 0.25) is 0 Å². The molecule has 0 spiro atoms. The van der Waals surface area contributed by atoms with Gasteiger partial charge in [0.2, 0.25) is 6.79 Å². The van der Waals surface area contributed by atoms with Crippen molar-refractivity contribution in [1.29, 1.82) is 5.26 Å². The average Bonchev–Trinajstić information content (AvgIpc) is 2.81. The number of nitrogens with two attached hydrogens (primary N) is 1. The molecule has 0 bridgehead atoms. The van der Waals surface area contributed by atoms with Gasteiger partial charge in [0.15, 0.2) is 11.5 Å². The van der Waals surface area contributed by atoms with Crippen LogP contribution in [0.1, 0.15) is 5.56 Å². The number of fused-ring (bicyclic) bond motifs is 1. The SMILES string of the molecule is N#C/C(=C\c1cc2c(cc1Br)OCO2)C(=O)NC(N)=O. The molecule has 1 aromatic rings. The highest BCUT2D eigenvalue weighted by atomic mass is 79.9. The number of halogens is 1. The van der Waals surface area contributed by atoms with E-state index in [0.717, 1.165) is 0 Å². The van der Waals surface area contributed by atoms with Gasteiger partial charge < -0.3 is 15.2 Å². The predicted octanol–water partition coefficient (Wildman–Crippen LogP) is 1.28. The van der Waals surface area contributed by atoms with Crippen LogP contribution >= 0.6 is 15.9 Å². The van der Waals surface area contributed by atoms with Crippen molar-refractivity contribution in [2.24, 2.45) is 5.73 Å². The molecule has 1 aliphatic heterocycles. The smallest absolute Gasteiger partial charge is 0.319 e. The molecule has 0 radical (unpaired) electrons. The summed E-state index contributed by atoms with van der Waals surface area (Å²) in [6.45, 7) is 0.113. The number of nitriles is 1. The van der Waals surface area contributed by atoms with Crippen LogP contribution in [-0.2, 0) is 4.79 Å². The van der Waals surface area contributed by atoms with E-state index in [2.05, 4.69) is 15.9 Å². The Morgan fingerprint density at radius 3 is 2.65 bits per heavy atom. The average molecular weight is 338 g/mol. The summed E-state index contributed by atoms with van der Waals surface area (Å²) in [6, 6.07) is 3.95. The molecule has 0 aromatic heterocycles. The van der Waals surface area contributed by atoms with E-state index in [9.17, 15) is 9.59 Å². The molecule has 0 unspecified atom stereocenters. The third kappa shape index (κ3) is 2.89. The molecule has 7 nitrogen and oxygen atoms in total. The molecule has 2 rings (SSSR count). The number of carbonyl (C=O) groups excluding carboxylic acids is 2. The highest BCUT2D eigenvalue weighted by Crippen LogP contribution is 2.37. The normalized spacial score (nSPS) is 12.7. The fraction of sp³-hybridized carbons (Fsp3) is 0.0833. The maximum absolute atomic E-state index is 11.6. The molecule has 3 N–H and O–H groups in total. The molecule has 8 heteroatoms. The van der Waals surface area contributed by atoms with Gasteiger partial charge in [-0.25, -0.2) is 4.79 Å². The minimum atomic E-state index is -1.03. The number of nitrogens with one attached hydrogen (secondary N) is 1. The largest absolute Gasteiger partial charge is 0.454 e. The number of rotatable bonds is 2. The lowest BCUT2D eigenvalue weighted by Gasteiger charge is -2.03. The maximum atomic E-state index is 11.6. The van der Waals surface area contributed by atoms with Crippen molar-refractivity contribution in [3.8, 4) is 17.6 Å². The summed E-state index contributed by atoms with van der Waals surface area (Å²) in [4.78, 5) is 22.2. The Kier molecular flexibility index (Phi) is 3.91. The zero-order valence-electron chi connectivity index (χ0n) is 9.97. The van der Waals surface area contributed by atoms with Crippen LogP contribution in [0.25, 0.3) is 6.08 Å². The highest BCUT2D eigenvalue weighted by molar-refractivity contribution is 9.10. The van der Waals surface area contributed by atoms with Gasteiger partial charge in [0.25, 0.3) is 5.91 Å². The minimum Gasteiger partial charge on any atom is -0.454 e. The molecule has 0 fully saturated rings. The Bertz CT molecular complexity index is 663. The summed E-state index contributed by atoms with van der Waals surface area (Å²) in [5, 5.41) is 10.8. The Morgan fingerprint density at radius 1 is 1.40 bits per heavy atom. The van der Waals surface area contributed by atoms with E-state index in [1.807, 2.05) is 5.32 Å². The number of hydrogen-bond acceptors (Lipinski definition) is 5. The van der Waals surface area contributed by atoms with E-state index >= 15 is 0 Å². The fourth-order valence-corrected chi connectivity index (χ4v) is 1.96. The molecule has 0 aliphatic carbocycles. The predicted molar refractivity (Wildman–Crippen MR) is 71.6 cm³/mol. The van der Waals surface area contributed by atoms with Crippen molar-refractivity contribution in [2.75, 3.05) is 6.79 Å². The van der Waals surface area contributed by atoms with Crippen LogP contribution in [0, 0.1) is 11.3 Å². The van der Waals surface area contributed by atoms with Gasteiger partial charge in [0, 0.05) is 4.47 Å². The van der Waals surface area contributed by atoms with Crippen molar-refractivity contribution in [3.63, 3.8) is 0 Å². The second-order valence-corrected chi connectivity index (χ2v) is 4.57. The van der Waals surface area contributed by atoms with Crippen LogP contribution in [-0.4, -0.2) is 18.7 Å². The van der Waals surface area contributed by atoms with Crippen LogP contribution in [0.3, 0.4) is 0 Å². The number of benzene rings is 1. The first-order valence-electron chi connectivity index (χ1n) is 5.33. The third-order valence-corrected chi connectivity index (χ3v) is 3.08. The highest BCUT2D eigenvalue weighted by Gasteiger charge is 2.17. The summed E-state index contributed by atoms with van der Waals surface area (Å²) in [7, 11) is 0. The standard InChI is InChI=1S/C12H8BrN3O4/c13-8-3-10-9(19-5-20-10)2-6(8)1-7(4-14)11(17)16-12(15)18/h1-3H,5H2,(H3,15,16,17,18)/b7-1+. The molecule has 0 saturated heterocycles. The lowest BCUT2D eigenvalue weighted by atomic mass is 10.1. The van der Waals surface area contributed by atoms with Crippen LogP contribution in [0.5, 0.6) is 11.5 Å². The van der Waals surface area contributed by atoms with Gasteiger partial charge in [-0.2, -0.15) is 5.26 Å². The first kappa shape index (κ1) is 13.9. The zero-order valence-corrected chi connectivity index (χ0v) is 11.6. The van der Waals surface area contributed by atoms with E-state index < -0.39 is 11.9 Å². The number of primary amides is 1. The second kappa shape index (κ2) is 5.63. The van der Waals surface area contributed by atoms with Crippen molar-refractivity contribution < 1.29 is 19.1 Å². The van der Waals surface area contributed by atoms with Gasteiger partial charge in [-0.3, -0.25) is 10.1 Å². The molecule has 1 heterocycles. The van der Waals surface area contributed by atoms with E-state index in [0.29, 0.717) is 21.5 Å². The van der Waals surface area contributed by atoms with Crippen molar-refractivity contribution in [2.45, 2.75) is 0 Å². The fourth-order valence-electron chi connectivity index (χ4n) is 1.53. The third-order valence-electron chi connectivity index (χ3n) is 2.39. The number of imide groups is 1. The molecule has 1 aromatic carbocycles. The van der Waals surface area contributed by atoms with Gasteiger partial charge in [0.1, 0.15) is 11.6 Å². The molecular formula is C12H8BrN3O4. The summed E-state index contributed by atoms with van der Waals surface area (Å²) >= 11 is 3.29. The van der Waals surface area contributed by atoms with E-state index in [-0.39, 0.29) is 12.4 Å². The van der Waals surface area contributed by atoms with Crippen molar-refractivity contribution >= 4 is 33.9 Å². The first-order chi connectivity index (χ1) is 9.51. The monoisotopic (exact) mass is 337 g/mol.